The lowest BCUT2D eigenvalue weighted by molar-refractivity contribution is -0.127. The van der Waals surface area contributed by atoms with Crippen molar-refractivity contribution in [1.29, 1.82) is 0 Å². The third-order valence-electron chi connectivity index (χ3n) is 5.24. The van der Waals surface area contributed by atoms with Crippen molar-refractivity contribution in [3.05, 3.63) is 17.5 Å². The summed E-state index contributed by atoms with van der Waals surface area (Å²) in [5, 5.41) is 7.76. The molecule has 0 unspecified atom stereocenters. The fourth-order valence-electron chi connectivity index (χ4n) is 3.35. The number of nitrogens with one attached hydrogen (secondary N) is 1. The van der Waals surface area contributed by atoms with Crippen LogP contribution in [0.15, 0.2) is 6.07 Å². The van der Waals surface area contributed by atoms with Gasteiger partial charge in [0.15, 0.2) is 0 Å². The molecule has 0 atom stereocenters. The van der Waals surface area contributed by atoms with Crippen LogP contribution in [0.5, 0.6) is 0 Å². The second-order valence-electron chi connectivity index (χ2n) is 8.64. The third-order valence-corrected chi connectivity index (χ3v) is 5.24. The maximum atomic E-state index is 12.0. The van der Waals surface area contributed by atoms with Gasteiger partial charge < -0.3 is 5.32 Å². The van der Waals surface area contributed by atoms with E-state index in [4.69, 9.17) is 5.10 Å². The number of hydrogen-bond acceptors (Lipinski definition) is 3. The van der Waals surface area contributed by atoms with Gasteiger partial charge in [0.05, 0.1) is 17.9 Å². The third kappa shape index (κ3) is 4.59. The number of aromatic nitrogens is 2. The van der Waals surface area contributed by atoms with Gasteiger partial charge in [-0.15, -0.1) is 0 Å². The van der Waals surface area contributed by atoms with Crippen LogP contribution in [0.3, 0.4) is 0 Å². The van der Waals surface area contributed by atoms with Gasteiger partial charge in [0.2, 0.25) is 5.91 Å². The summed E-state index contributed by atoms with van der Waals surface area (Å²) in [6, 6.07) is 2.18. The van der Waals surface area contributed by atoms with Gasteiger partial charge in [-0.25, -0.2) is 0 Å². The lowest BCUT2D eigenvalue weighted by Crippen LogP contribution is -2.34. The van der Waals surface area contributed by atoms with Crippen LogP contribution in [0.1, 0.15) is 64.3 Å². The largest absolute Gasteiger partial charge is 0.350 e. The molecule has 0 bridgehead atoms. The lowest BCUT2D eigenvalue weighted by atomic mass is 9.85. The monoisotopic (exact) mass is 332 g/mol. The van der Waals surface area contributed by atoms with E-state index in [1.165, 1.54) is 18.5 Å². The molecule has 0 aromatic carbocycles. The minimum absolute atomic E-state index is 0.205. The second kappa shape index (κ2) is 7.26. The van der Waals surface area contributed by atoms with Crippen molar-refractivity contribution < 1.29 is 4.79 Å². The molecule has 1 aromatic rings. The summed E-state index contributed by atoms with van der Waals surface area (Å²) in [6.07, 6.45) is 5.65. The van der Waals surface area contributed by atoms with E-state index in [1.54, 1.807) is 0 Å². The van der Waals surface area contributed by atoms with Crippen LogP contribution in [0.4, 0.5) is 0 Å². The van der Waals surface area contributed by atoms with Gasteiger partial charge in [-0.05, 0) is 43.7 Å². The number of carbonyl (C=O) groups excluding carboxylic acids is 1. The zero-order valence-electron chi connectivity index (χ0n) is 15.5. The van der Waals surface area contributed by atoms with Gasteiger partial charge in [-0.1, -0.05) is 27.2 Å². The smallest absolute Gasteiger partial charge is 0.223 e. The molecule has 1 aromatic heterocycles. The molecule has 1 fully saturated rings. The number of amides is 1. The lowest BCUT2D eigenvalue weighted by Gasteiger charge is -2.25. The number of nitrogens with zero attached hydrogens (tertiary/aromatic N) is 3. The molecule has 1 aliphatic carbocycles. The van der Waals surface area contributed by atoms with E-state index in [-0.39, 0.29) is 11.8 Å². The van der Waals surface area contributed by atoms with Crippen LogP contribution in [0, 0.1) is 11.3 Å². The molecule has 2 heterocycles. The van der Waals surface area contributed by atoms with E-state index in [0.29, 0.717) is 12.0 Å². The molecule has 134 valence electrons. The molecule has 3 rings (SSSR count). The Labute approximate surface area is 145 Å². The Morgan fingerprint density at radius 1 is 1.29 bits per heavy atom. The Morgan fingerprint density at radius 2 is 2.08 bits per heavy atom. The van der Waals surface area contributed by atoms with Crippen molar-refractivity contribution in [2.24, 2.45) is 11.3 Å². The van der Waals surface area contributed by atoms with E-state index in [1.807, 2.05) is 0 Å². The molecular formula is C19H32N4O. The molecule has 1 aliphatic heterocycles. The van der Waals surface area contributed by atoms with E-state index in [0.717, 1.165) is 51.1 Å². The molecule has 5 heteroatoms. The summed E-state index contributed by atoms with van der Waals surface area (Å²) in [7, 11) is 0. The van der Waals surface area contributed by atoms with Crippen molar-refractivity contribution in [3.8, 4) is 0 Å². The van der Waals surface area contributed by atoms with Crippen molar-refractivity contribution in [3.63, 3.8) is 0 Å². The summed E-state index contributed by atoms with van der Waals surface area (Å²) >= 11 is 0. The molecule has 0 saturated heterocycles. The Hall–Kier alpha value is -1.36. The topological polar surface area (TPSA) is 50.2 Å². The Kier molecular flexibility index (Phi) is 5.28. The molecule has 2 aliphatic rings. The van der Waals surface area contributed by atoms with Crippen molar-refractivity contribution in [1.82, 2.24) is 20.0 Å². The quantitative estimate of drug-likeness (QED) is 0.902. The van der Waals surface area contributed by atoms with Crippen LogP contribution in [-0.4, -0.2) is 33.7 Å². The SMILES string of the molecule is CC(C)(C)CCN1CCCn2nc(CNC(=O)C3CCC3)cc2C1. The summed E-state index contributed by atoms with van der Waals surface area (Å²) in [5.74, 6) is 0.453. The van der Waals surface area contributed by atoms with Crippen molar-refractivity contribution >= 4 is 5.91 Å². The average molecular weight is 332 g/mol. The first-order valence-electron chi connectivity index (χ1n) is 9.46. The van der Waals surface area contributed by atoms with Crippen LogP contribution < -0.4 is 5.32 Å². The number of rotatable bonds is 5. The van der Waals surface area contributed by atoms with E-state index in [9.17, 15) is 4.79 Å². The maximum absolute atomic E-state index is 12.0. The zero-order chi connectivity index (χ0) is 17.2. The fourth-order valence-corrected chi connectivity index (χ4v) is 3.35. The predicted octanol–water partition coefficient (Wildman–Crippen LogP) is 2.94. The molecule has 1 saturated carbocycles. The highest BCUT2D eigenvalue weighted by molar-refractivity contribution is 5.79. The molecule has 0 spiro atoms. The summed E-state index contributed by atoms with van der Waals surface area (Å²) in [6.45, 7) is 11.7. The zero-order valence-corrected chi connectivity index (χ0v) is 15.5. The molecular weight excluding hydrogens is 300 g/mol. The number of hydrogen-bond donors (Lipinski definition) is 1. The second-order valence-corrected chi connectivity index (χ2v) is 8.64. The molecule has 24 heavy (non-hydrogen) atoms. The Morgan fingerprint density at radius 3 is 2.75 bits per heavy atom. The first kappa shape index (κ1) is 17.5. The molecule has 5 nitrogen and oxygen atoms in total. The highest BCUT2D eigenvalue weighted by atomic mass is 16.1. The highest BCUT2D eigenvalue weighted by Gasteiger charge is 2.25. The van der Waals surface area contributed by atoms with Gasteiger partial charge >= 0.3 is 0 Å². The standard InChI is InChI=1S/C19H32N4O/c1-19(2,3)8-11-22-9-5-10-23-17(14-22)12-16(21-23)13-20-18(24)15-6-4-7-15/h12,15H,4-11,13-14H2,1-3H3,(H,20,24). The number of carbonyl (C=O) groups is 1. The summed E-state index contributed by atoms with van der Waals surface area (Å²) in [5.41, 5.74) is 2.66. The van der Waals surface area contributed by atoms with Crippen LogP contribution in [-0.2, 0) is 24.4 Å². The molecule has 1 amide bonds. The fraction of sp³-hybridized carbons (Fsp3) is 0.789. The van der Waals surface area contributed by atoms with Gasteiger partial charge in [-0.3, -0.25) is 14.4 Å². The van der Waals surface area contributed by atoms with Crippen LogP contribution >= 0.6 is 0 Å². The maximum Gasteiger partial charge on any atom is 0.223 e. The van der Waals surface area contributed by atoms with Gasteiger partial charge in [0.1, 0.15) is 0 Å². The van der Waals surface area contributed by atoms with Gasteiger partial charge in [0, 0.05) is 25.6 Å². The van der Waals surface area contributed by atoms with Crippen molar-refractivity contribution in [2.75, 3.05) is 13.1 Å². The molecule has 0 radical (unpaired) electrons. The normalized spacial score (nSPS) is 19.5. The van der Waals surface area contributed by atoms with Gasteiger partial charge in [0.25, 0.3) is 0 Å². The van der Waals surface area contributed by atoms with E-state index in [2.05, 4.69) is 41.7 Å². The Balaban J connectivity index is 1.54. The van der Waals surface area contributed by atoms with Crippen molar-refractivity contribution in [2.45, 2.75) is 72.5 Å². The predicted molar refractivity (Wildman–Crippen MR) is 95.4 cm³/mol. The summed E-state index contributed by atoms with van der Waals surface area (Å²) < 4.78 is 2.14. The van der Waals surface area contributed by atoms with Crippen LogP contribution in [0.25, 0.3) is 0 Å². The minimum atomic E-state index is 0.205. The van der Waals surface area contributed by atoms with Crippen LogP contribution in [0.2, 0.25) is 0 Å². The molecule has 1 N–H and O–H groups in total. The van der Waals surface area contributed by atoms with E-state index >= 15 is 0 Å². The highest BCUT2D eigenvalue weighted by Crippen LogP contribution is 2.26. The average Bonchev–Trinajstić information content (AvgIpc) is 2.72. The minimum Gasteiger partial charge on any atom is -0.350 e. The summed E-state index contributed by atoms with van der Waals surface area (Å²) in [4.78, 5) is 14.5. The Bertz CT molecular complexity index is 568. The van der Waals surface area contributed by atoms with E-state index < -0.39 is 0 Å². The first-order chi connectivity index (χ1) is 11.4. The number of aryl methyl sites for hydroxylation is 1. The number of fused-ring (bicyclic) bond motifs is 1. The first-order valence-corrected chi connectivity index (χ1v) is 9.46. The van der Waals surface area contributed by atoms with Gasteiger partial charge in [-0.2, -0.15) is 5.10 Å².